The summed E-state index contributed by atoms with van der Waals surface area (Å²) in [5.74, 6) is 0.189. The van der Waals surface area contributed by atoms with Crippen LogP contribution in [-0.2, 0) is 0 Å². The average molecular weight is 216 g/mol. The molecule has 0 bridgehead atoms. The van der Waals surface area contributed by atoms with Gasteiger partial charge in [-0.2, -0.15) is 0 Å². The van der Waals surface area contributed by atoms with Gasteiger partial charge in [-0.1, -0.05) is 6.92 Å². The van der Waals surface area contributed by atoms with Gasteiger partial charge in [0, 0.05) is 18.7 Å². The topological polar surface area (TPSA) is 33.1 Å². The predicted octanol–water partition coefficient (Wildman–Crippen LogP) is 1.94. The molecule has 1 atom stereocenters. The summed E-state index contributed by atoms with van der Waals surface area (Å²) in [6.45, 7) is 2.15. The Hall–Kier alpha value is -0.410. The molecule has 0 aromatic carbocycles. The zero-order chi connectivity index (χ0) is 8.27. The maximum atomic E-state index is 8.84. The molecule has 0 unspecified atom stereocenters. The van der Waals surface area contributed by atoms with Crippen LogP contribution >= 0.6 is 15.9 Å². The molecule has 0 spiro atoms. The van der Waals surface area contributed by atoms with Gasteiger partial charge in [-0.15, -0.1) is 0 Å². The Kier molecular flexibility index (Phi) is 3.02. The number of aromatic nitrogens is 1. The van der Waals surface area contributed by atoms with Crippen molar-refractivity contribution >= 4 is 15.9 Å². The highest BCUT2D eigenvalue weighted by atomic mass is 79.9. The molecule has 1 aromatic heterocycles. The van der Waals surface area contributed by atoms with Crippen molar-refractivity contribution in [2.24, 2.45) is 0 Å². The lowest BCUT2D eigenvalue weighted by Gasteiger charge is -2.06. The highest BCUT2D eigenvalue weighted by Crippen LogP contribution is 2.16. The molecule has 1 rings (SSSR count). The monoisotopic (exact) mass is 215 g/mol. The minimum Gasteiger partial charge on any atom is -0.396 e. The maximum Gasteiger partial charge on any atom is 0.106 e. The van der Waals surface area contributed by atoms with E-state index in [0.29, 0.717) is 0 Å². The summed E-state index contributed by atoms with van der Waals surface area (Å²) in [6, 6.07) is 3.83. The van der Waals surface area contributed by atoms with Gasteiger partial charge in [-0.3, -0.25) is 0 Å². The van der Waals surface area contributed by atoms with Crippen LogP contribution in [0, 0.1) is 0 Å². The molecule has 0 fully saturated rings. The molecule has 3 heteroatoms. The molecule has 1 aromatic rings. The summed E-state index contributed by atoms with van der Waals surface area (Å²) in [4.78, 5) is 3.99. The third-order valence-electron chi connectivity index (χ3n) is 1.59. The molecule has 0 aliphatic heterocycles. The van der Waals surface area contributed by atoms with Gasteiger partial charge in [0.25, 0.3) is 0 Å². The van der Waals surface area contributed by atoms with E-state index in [0.717, 1.165) is 10.2 Å². The van der Waals surface area contributed by atoms with Crippen LogP contribution in [0.3, 0.4) is 0 Å². The fraction of sp³-hybridized carbons (Fsp3) is 0.375. The van der Waals surface area contributed by atoms with E-state index in [1.807, 2.05) is 19.1 Å². The zero-order valence-corrected chi connectivity index (χ0v) is 7.87. The van der Waals surface area contributed by atoms with E-state index < -0.39 is 0 Å². The predicted molar refractivity (Wildman–Crippen MR) is 47.4 cm³/mol. The molecular weight excluding hydrogens is 206 g/mol. The Labute approximate surface area is 74.4 Å². The Morgan fingerprint density at radius 3 is 3.00 bits per heavy atom. The summed E-state index contributed by atoms with van der Waals surface area (Å²) in [5.41, 5.74) is 1.11. The number of nitrogens with zero attached hydrogens (tertiary/aromatic N) is 1. The Balaban J connectivity index is 2.86. The molecular formula is C8H10BrNO. The lowest BCUT2D eigenvalue weighted by molar-refractivity contribution is 0.273. The normalized spacial score (nSPS) is 13.0. The van der Waals surface area contributed by atoms with Crippen molar-refractivity contribution in [3.05, 3.63) is 28.5 Å². The van der Waals surface area contributed by atoms with Crippen LogP contribution < -0.4 is 0 Å². The van der Waals surface area contributed by atoms with E-state index in [2.05, 4.69) is 20.9 Å². The van der Waals surface area contributed by atoms with Crippen molar-refractivity contribution < 1.29 is 5.11 Å². The van der Waals surface area contributed by atoms with Crippen molar-refractivity contribution in [3.63, 3.8) is 0 Å². The molecule has 11 heavy (non-hydrogen) atoms. The molecule has 0 amide bonds. The Morgan fingerprint density at radius 2 is 2.45 bits per heavy atom. The first-order valence-electron chi connectivity index (χ1n) is 3.46. The van der Waals surface area contributed by atoms with Gasteiger partial charge in [-0.05, 0) is 33.6 Å². The molecule has 1 heterocycles. The lowest BCUT2D eigenvalue weighted by Crippen LogP contribution is -1.98. The molecule has 2 nitrogen and oxygen atoms in total. The van der Waals surface area contributed by atoms with Crippen LogP contribution in [-0.4, -0.2) is 16.7 Å². The van der Waals surface area contributed by atoms with Crippen LogP contribution in [0.1, 0.15) is 18.4 Å². The fourth-order valence-electron chi connectivity index (χ4n) is 0.829. The van der Waals surface area contributed by atoms with Crippen molar-refractivity contribution in [1.82, 2.24) is 4.98 Å². The first kappa shape index (κ1) is 8.68. The van der Waals surface area contributed by atoms with Gasteiger partial charge in [0.15, 0.2) is 0 Å². The van der Waals surface area contributed by atoms with E-state index in [-0.39, 0.29) is 12.5 Å². The third kappa shape index (κ3) is 2.27. The highest BCUT2D eigenvalue weighted by molar-refractivity contribution is 9.10. The van der Waals surface area contributed by atoms with Gasteiger partial charge in [-0.25, -0.2) is 4.98 Å². The first-order chi connectivity index (χ1) is 5.24. The molecule has 0 saturated carbocycles. The summed E-state index contributed by atoms with van der Waals surface area (Å²) < 4.78 is 0.815. The van der Waals surface area contributed by atoms with Crippen LogP contribution in [0.15, 0.2) is 22.9 Å². The number of hydrogen-bond donors (Lipinski definition) is 1. The van der Waals surface area contributed by atoms with E-state index in [9.17, 15) is 0 Å². The molecule has 0 aliphatic rings. The number of hydrogen-bond acceptors (Lipinski definition) is 2. The Morgan fingerprint density at radius 1 is 1.73 bits per heavy atom. The molecule has 0 saturated heterocycles. The minimum atomic E-state index is 0.177. The fourth-order valence-corrected chi connectivity index (χ4v) is 1.21. The highest BCUT2D eigenvalue weighted by Gasteiger charge is 2.03. The molecule has 0 aliphatic carbocycles. The number of aliphatic hydroxyl groups is 1. The van der Waals surface area contributed by atoms with Gasteiger partial charge in [0.2, 0.25) is 0 Å². The van der Waals surface area contributed by atoms with Crippen LogP contribution in [0.25, 0.3) is 0 Å². The maximum absolute atomic E-state index is 8.84. The van der Waals surface area contributed by atoms with E-state index in [1.54, 1.807) is 6.20 Å². The van der Waals surface area contributed by atoms with Crippen LogP contribution in [0.4, 0.5) is 0 Å². The summed E-state index contributed by atoms with van der Waals surface area (Å²) >= 11 is 3.27. The van der Waals surface area contributed by atoms with Crippen LogP contribution in [0.2, 0.25) is 0 Å². The van der Waals surface area contributed by atoms with Gasteiger partial charge in [0.05, 0.1) is 0 Å². The van der Waals surface area contributed by atoms with E-state index >= 15 is 0 Å². The first-order valence-corrected chi connectivity index (χ1v) is 4.25. The standard InChI is InChI=1S/C8H10BrNO/c1-6(5-11)7-2-3-10-8(9)4-7/h2-4,6,11H,5H2,1H3/t6-/m0/s1. The van der Waals surface area contributed by atoms with Gasteiger partial charge >= 0.3 is 0 Å². The second-order valence-electron chi connectivity index (χ2n) is 2.50. The summed E-state index contributed by atoms with van der Waals surface area (Å²) in [7, 11) is 0. The second kappa shape index (κ2) is 3.83. The quantitative estimate of drug-likeness (QED) is 0.766. The largest absolute Gasteiger partial charge is 0.396 e. The van der Waals surface area contributed by atoms with E-state index in [1.165, 1.54) is 0 Å². The lowest BCUT2D eigenvalue weighted by atomic mass is 10.0. The van der Waals surface area contributed by atoms with Gasteiger partial charge < -0.3 is 5.11 Å². The third-order valence-corrected chi connectivity index (χ3v) is 2.03. The minimum absolute atomic E-state index is 0.177. The number of rotatable bonds is 2. The number of halogens is 1. The smallest absolute Gasteiger partial charge is 0.106 e. The summed E-state index contributed by atoms with van der Waals surface area (Å²) in [6.07, 6.45) is 1.73. The second-order valence-corrected chi connectivity index (χ2v) is 3.31. The van der Waals surface area contributed by atoms with Crippen molar-refractivity contribution in [2.45, 2.75) is 12.8 Å². The SMILES string of the molecule is C[C@@H](CO)c1ccnc(Br)c1. The van der Waals surface area contributed by atoms with Crippen molar-refractivity contribution in [2.75, 3.05) is 6.61 Å². The van der Waals surface area contributed by atoms with Crippen molar-refractivity contribution in [1.29, 1.82) is 0 Å². The van der Waals surface area contributed by atoms with Gasteiger partial charge in [0.1, 0.15) is 4.60 Å². The number of pyridine rings is 1. The Bertz CT molecular complexity index is 239. The molecule has 1 N–H and O–H groups in total. The van der Waals surface area contributed by atoms with Crippen LogP contribution in [0.5, 0.6) is 0 Å². The zero-order valence-electron chi connectivity index (χ0n) is 6.29. The molecule has 60 valence electrons. The number of aliphatic hydroxyl groups excluding tert-OH is 1. The average Bonchev–Trinajstić information content (AvgIpc) is 2.03. The van der Waals surface area contributed by atoms with Crippen molar-refractivity contribution in [3.8, 4) is 0 Å². The summed E-state index contributed by atoms with van der Waals surface area (Å²) in [5, 5.41) is 8.84. The molecule has 0 radical (unpaired) electrons. The van der Waals surface area contributed by atoms with E-state index in [4.69, 9.17) is 5.11 Å².